The van der Waals surface area contributed by atoms with Gasteiger partial charge in [0.1, 0.15) is 12.4 Å². The maximum Gasteiger partial charge on any atom is 0.338 e. The van der Waals surface area contributed by atoms with Crippen LogP contribution in [-0.4, -0.2) is 62.0 Å². The van der Waals surface area contributed by atoms with Crippen LogP contribution in [0.4, 0.5) is 4.79 Å². The first-order valence-corrected chi connectivity index (χ1v) is 11.1. The van der Waals surface area contributed by atoms with Crippen LogP contribution >= 0.6 is 0 Å². The molecule has 11 heteroatoms. The van der Waals surface area contributed by atoms with Gasteiger partial charge in [-0.3, -0.25) is 4.79 Å². The lowest BCUT2D eigenvalue weighted by molar-refractivity contribution is -0.146. The molecule has 0 aromatic heterocycles. The van der Waals surface area contributed by atoms with Crippen molar-refractivity contribution in [3.05, 3.63) is 77.0 Å². The molecule has 2 aromatic rings. The number of ether oxygens (including phenoxy) is 3. The quantitative estimate of drug-likeness (QED) is 0.357. The summed E-state index contributed by atoms with van der Waals surface area (Å²) >= 11 is 0. The van der Waals surface area contributed by atoms with Crippen molar-refractivity contribution >= 4 is 23.9 Å². The lowest BCUT2D eigenvalue weighted by Gasteiger charge is -2.29. The molecule has 1 aliphatic rings. The Hall–Kier alpha value is -4.38. The highest BCUT2D eigenvalue weighted by Crippen LogP contribution is 2.29. The highest BCUT2D eigenvalue weighted by molar-refractivity contribution is 5.97. The van der Waals surface area contributed by atoms with Crippen molar-refractivity contribution < 1.29 is 38.5 Å². The maximum absolute atomic E-state index is 12.8. The number of benzene rings is 2. The zero-order valence-corrected chi connectivity index (χ0v) is 19.8. The van der Waals surface area contributed by atoms with E-state index in [0.717, 1.165) is 0 Å². The predicted octanol–water partition coefficient (Wildman–Crippen LogP) is 1.20. The van der Waals surface area contributed by atoms with Crippen molar-refractivity contribution in [1.29, 1.82) is 0 Å². The van der Waals surface area contributed by atoms with Gasteiger partial charge in [0.05, 0.1) is 37.6 Å². The zero-order valence-electron chi connectivity index (χ0n) is 19.8. The molecule has 1 heterocycles. The molecule has 0 saturated heterocycles. The summed E-state index contributed by atoms with van der Waals surface area (Å²) < 4.78 is 15.6. The Balaban J connectivity index is 1.81. The fourth-order valence-corrected chi connectivity index (χ4v) is 3.48. The molecule has 2 atom stereocenters. The van der Waals surface area contributed by atoms with Crippen LogP contribution < -0.4 is 20.7 Å². The van der Waals surface area contributed by atoms with E-state index in [9.17, 15) is 24.3 Å². The zero-order chi connectivity index (χ0) is 26.1. The van der Waals surface area contributed by atoms with Gasteiger partial charge in [0, 0.05) is 5.56 Å². The summed E-state index contributed by atoms with van der Waals surface area (Å²) in [5, 5.41) is 17.2. The molecule has 4 N–H and O–H groups in total. The Bertz CT molecular complexity index is 1130. The Morgan fingerprint density at radius 2 is 1.75 bits per heavy atom. The van der Waals surface area contributed by atoms with Gasteiger partial charge >= 0.3 is 18.0 Å². The minimum atomic E-state index is -1.36. The third-order valence-electron chi connectivity index (χ3n) is 5.27. The van der Waals surface area contributed by atoms with Crippen molar-refractivity contribution in [2.24, 2.45) is 0 Å². The summed E-state index contributed by atoms with van der Waals surface area (Å²) in [6, 6.07) is 12.0. The second-order valence-corrected chi connectivity index (χ2v) is 7.60. The van der Waals surface area contributed by atoms with Gasteiger partial charge in [-0.1, -0.05) is 30.3 Å². The molecule has 3 amide bonds. The largest absolute Gasteiger partial charge is 0.497 e. The second kappa shape index (κ2) is 12.4. The Labute approximate surface area is 207 Å². The summed E-state index contributed by atoms with van der Waals surface area (Å²) in [4.78, 5) is 50.2. The number of carbonyl (C=O) groups excluding carboxylic acids is 4. The van der Waals surface area contributed by atoms with Gasteiger partial charge in [0.2, 0.25) is 0 Å². The van der Waals surface area contributed by atoms with Crippen LogP contribution in [0.25, 0.3) is 0 Å². The Morgan fingerprint density at radius 1 is 1.06 bits per heavy atom. The monoisotopic (exact) mass is 497 g/mol. The molecule has 11 nitrogen and oxygen atoms in total. The van der Waals surface area contributed by atoms with E-state index in [-0.39, 0.29) is 17.9 Å². The van der Waals surface area contributed by atoms with E-state index in [1.807, 2.05) is 0 Å². The van der Waals surface area contributed by atoms with Crippen LogP contribution in [0.2, 0.25) is 0 Å². The molecule has 0 bridgehead atoms. The maximum atomic E-state index is 12.8. The van der Waals surface area contributed by atoms with Crippen molar-refractivity contribution in [1.82, 2.24) is 16.0 Å². The SMILES string of the molecule is CCOC(=O)C1=C(COC(=O)C(CO)NC(=O)c2ccccc2)NC(=O)NC1c1ccc(OC)cc1. The minimum absolute atomic E-state index is 0.0115. The molecule has 2 unspecified atom stereocenters. The number of methoxy groups -OCH3 is 1. The van der Waals surface area contributed by atoms with E-state index in [2.05, 4.69) is 16.0 Å². The Morgan fingerprint density at radius 3 is 2.36 bits per heavy atom. The summed E-state index contributed by atoms with van der Waals surface area (Å²) in [6.45, 7) is 0.488. The lowest BCUT2D eigenvalue weighted by Crippen LogP contribution is -2.48. The number of hydrogen-bond acceptors (Lipinski definition) is 8. The molecular formula is C25H27N3O8. The molecule has 0 saturated carbocycles. The molecule has 190 valence electrons. The van der Waals surface area contributed by atoms with Crippen molar-refractivity contribution in [3.8, 4) is 5.75 Å². The van der Waals surface area contributed by atoms with E-state index in [0.29, 0.717) is 16.9 Å². The first-order chi connectivity index (χ1) is 17.4. The van der Waals surface area contributed by atoms with Gasteiger partial charge in [-0.2, -0.15) is 0 Å². The molecular weight excluding hydrogens is 470 g/mol. The van der Waals surface area contributed by atoms with Gasteiger partial charge in [-0.15, -0.1) is 0 Å². The first-order valence-electron chi connectivity index (χ1n) is 11.1. The molecule has 0 aliphatic carbocycles. The molecule has 3 rings (SSSR count). The van der Waals surface area contributed by atoms with Crippen LogP contribution in [0.5, 0.6) is 5.75 Å². The van der Waals surface area contributed by atoms with Gasteiger partial charge < -0.3 is 35.3 Å². The molecule has 36 heavy (non-hydrogen) atoms. The number of amides is 3. The summed E-state index contributed by atoms with van der Waals surface area (Å²) in [5.74, 6) is -1.66. The van der Waals surface area contributed by atoms with E-state index in [1.165, 1.54) is 7.11 Å². The third-order valence-corrected chi connectivity index (χ3v) is 5.27. The minimum Gasteiger partial charge on any atom is -0.497 e. The van der Waals surface area contributed by atoms with Gasteiger partial charge in [0.25, 0.3) is 5.91 Å². The first kappa shape index (κ1) is 26.2. The molecule has 2 aromatic carbocycles. The molecule has 0 radical (unpaired) electrons. The van der Waals surface area contributed by atoms with Crippen molar-refractivity contribution in [2.45, 2.75) is 19.0 Å². The summed E-state index contributed by atoms with van der Waals surface area (Å²) in [7, 11) is 1.51. The number of rotatable bonds is 10. The number of esters is 2. The normalized spacial score (nSPS) is 15.8. The average molecular weight is 498 g/mol. The fraction of sp³-hybridized carbons (Fsp3) is 0.280. The van der Waals surface area contributed by atoms with E-state index in [1.54, 1.807) is 61.5 Å². The fourth-order valence-electron chi connectivity index (χ4n) is 3.48. The number of nitrogens with one attached hydrogen (secondary N) is 3. The van der Waals surface area contributed by atoms with Crippen LogP contribution in [-0.2, 0) is 19.1 Å². The highest BCUT2D eigenvalue weighted by atomic mass is 16.5. The Kier molecular flexibility index (Phi) is 9.01. The second-order valence-electron chi connectivity index (χ2n) is 7.60. The summed E-state index contributed by atoms with van der Waals surface area (Å²) in [6.07, 6.45) is 0. The molecule has 0 spiro atoms. The van der Waals surface area contributed by atoms with Crippen LogP contribution in [0.15, 0.2) is 65.9 Å². The van der Waals surface area contributed by atoms with E-state index < -0.39 is 49.2 Å². The van der Waals surface area contributed by atoms with Crippen molar-refractivity contribution in [2.75, 3.05) is 26.9 Å². The number of aliphatic hydroxyl groups excluding tert-OH is 1. The highest BCUT2D eigenvalue weighted by Gasteiger charge is 2.34. The number of carbonyl (C=O) groups is 4. The number of urea groups is 1. The summed E-state index contributed by atoms with van der Waals surface area (Å²) in [5.41, 5.74) is 0.922. The number of aliphatic hydroxyl groups is 1. The van der Waals surface area contributed by atoms with E-state index >= 15 is 0 Å². The molecule has 1 aliphatic heterocycles. The molecule has 0 fully saturated rings. The number of hydrogen-bond donors (Lipinski definition) is 4. The average Bonchev–Trinajstić information content (AvgIpc) is 2.90. The van der Waals surface area contributed by atoms with Crippen LogP contribution in [0.3, 0.4) is 0 Å². The third kappa shape index (κ3) is 6.39. The lowest BCUT2D eigenvalue weighted by atomic mass is 9.95. The van der Waals surface area contributed by atoms with Crippen LogP contribution in [0, 0.1) is 0 Å². The predicted molar refractivity (Wildman–Crippen MR) is 127 cm³/mol. The van der Waals surface area contributed by atoms with Crippen molar-refractivity contribution in [3.63, 3.8) is 0 Å². The van der Waals surface area contributed by atoms with Gasteiger partial charge in [0.15, 0.2) is 6.04 Å². The van der Waals surface area contributed by atoms with Gasteiger partial charge in [-0.25, -0.2) is 14.4 Å². The topological polar surface area (TPSA) is 152 Å². The van der Waals surface area contributed by atoms with Gasteiger partial charge in [-0.05, 0) is 36.8 Å². The standard InChI is InChI=1S/C25H27N3O8/c1-3-35-24(32)20-19(27-25(33)28-21(20)15-9-11-17(34-2)12-10-15)14-36-23(31)18(13-29)26-22(30)16-7-5-4-6-8-16/h4-12,18,21,29H,3,13-14H2,1-2H3,(H,26,30)(H2,27,28,33). The smallest absolute Gasteiger partial charge is 0.338 e. The van der Waals surface area contributed by atoms with Crippen LogP contribution in [0.1, 0.15) is 28.9 Å². The van der Waals surface area contributed by atoms with E-state index in [4.69, 9.17) is 14.2 Å².